The molecule has 2 saturated carbocycles. The number of rotatable bonds is 3. The average molecular weight is 465 g/mol. The molecule has 3 aliphatic rings. The zero-order chi connectivity index (χ0) is 20.2. The van der Waals surface area contributed by atoms with E-state index in [0.29, 0.717) is 0 Å². The first-order valence-corrected chi connectivity index (χ1v) is 9.43. The van der Waals surface area contributed by atoms with Crippen molar-refractivity contribution >= 4 is 13.8 Å². The second-order valence-corrected chi connectivity index (χ2v) is 8.28. The van der Waals surface area contributed by atoms with Crippen molar-refractivity contribution in [2.45, 2.75) is 31.7 Å². The Morgan fingerprint density at radius 1 is 0.929 bits per heavy atom. The maximum Gasteiger partial charge on any atom is 2.00 e. The standard InChI is InChI=1S/C13H13F6NOP.C5H5.Fe/c1-7(2)9-6-21-11(20-9)8-4-3-5-10(8)22(12(14,15)16)13(17,18)19;1-2-4-5-3-1;/h3-5,7,9H,6H2,1-2H3;1-5H;/q;;+2/t9-;;/m1../s1. The van der Waals surface area contributed by atoms with Gasteiger partial charge in [-0.1, -0.05) is 13.8 Å². The summed E-state index contributed by atoms with van der Waals surface area (Å²) in [5.74, 6) is -11.0. The summed E-state index contributed by atoms with van der Waals surface area (Å²) in [4.78, 5) is 4.11. The first kappa shape index (κ1) is 26.0. The molecule has 2 nitrogen and oxygen atoms in total. The summed E-state index contributed by atoms with van der Waals surface area (Å²) in [7, 11) is -4.33. The molecule has 0 N–H and O–H groups in total. The summed E-state index contributed by atoms with van der Waals surface area (Å²) in [5, 5.41) is 0. The SMILES string of the molecule is CC(C)[C@H]1COC([C]2[CH][CH][CH][C]2P(C(F)(F)F)C(F)(F)F)=N1.[CH]1[CH][CH][CH][CH]1.[Fe+2]. The van der Waals surface area contributed by atoms with Gasteiger partial charge < -0.3 is 4.74 Å². The summed E-state index contributed by atoms with van der Waals surface area (Å²) in [5.41, 5.74) is -0.807. The molecule has 0 spiro atoms. The fourth-order valence-corrected chi connectivity index (χ4v) is 3.88. The molecular weight excluding hydrogens is 447 g/mol. The van der Waals surface area contributed by atoms with Crippen molar-refractivity contribution in [2.24, 2.45) is 10.9 Å². The van der Waals surface area contributed by atoms with Gasteiger partial charge in [0.05, 0.1) is 12.0 Å². The molecule has 2 fully saturated rings. The van der Waals surface area contributed by atoms with Crippen molar-refractivity contribution in [1.29, 1.82) is 0 Å². The van der Waals surface area contributed by atoms with Crippen molar-refractivity contribution in [2.75, 3.05) is 6.61 Å². The summed E-state index contributed by atoms with van der Waals surface area (Å²) in [6.45, 7) is 3.86. The predicted molar refractivity (Wildman–Crippen MR) is 91.9 cm³/mol. The molecule has 1 heterocycles. The molecule has 0 saturated heterocycles. The molecule has 1 aliphatic heterocycles. The first-order valence-electron chi connectivity index (χ1n) is 8.09. The van der Waals surface area contributed by atoms with Crippen molar-refractivity contribution in [1.82, 2.24) is 0 Å². The maximum atomic E-state index is 12.9. The molecule has 0 amide bonds. The van der Waals surface area contributed by atoms with Gasteiger partial charge in [-0.25, -0.2) is 4.99 Å². The van der Waals surface area contributed by atoms with Crippen LogP contribution in [0.3, 0.4) is 0 Å². The van der Waals surface area contributed by atoms with E-state index in [0.717, 1.165) is 12.8 Å². The van der Waals surface area contributed by atoms with Crippen LogP contribution in [-0.4, -0.2) is 30.4 Å². The fraction of sp³-hybridized carbons (Fsp3) is 0.389. The number of nitrogens with zero attached hydrogens (tertiary/aromatic N) is 1. The second-order valence-electron chi connectivity index (χ2n) is 6.11. The van der Waals surface area contributed by atoms with Crippen LogP contribution in [0, 0.1) is 68.9 Å². The number of hydrogen-bond donors (Lipinski definition) is 0. The van der Waals surface area contributed by atoms with Gasteiger partial charge in [-0.15, -0.1) is 0 Å². The molecule has 0 aromatic heterocycles. The van der Waals surface area contributed by atoms with Gasteiger partial charge >= 0.3 is 28.9 Å². The van der Waals surface area contributed by atoms with Gasteiger partial charge in [0.25, 0.3) is 0 Å². The maximum absolute atomic E-state index is 12.9. The Morgan fingerprint density at radius 3 is 1.82 bits per heavy atom. The smallest absolute Gasteiger partial charge is 0.478 e. The summed E-state index contributed by atoms with van der Waals surface area (Å²) in [6, 6.07) is -0.263. The van der Waals surface area contributed by atoms with Crippen LogP contribution in [-0.2, 0) is 21.8 Å². The minimum absolute atomic E-state index is 0. The van der Waals surface area contributed by atoms with Crippen LogP contribution in [0.15, 0.2) is 4.99 Å². The minimum atomic E-state index is -5.37. The Balaban J connectivity index is 0.000000567. The molecule has 10 heteroatoms. The Morgan fingerprint density at radius 2 is 1.43 bits per heavy atom. The Labute approximate surface area is 174 Å². The van der Waals surface area contributed by atoms with Crippen LogP contribution in [0.4, 0.5) is 26.3 Å². The van der Waals surface area contributed by atoms with Gasteiger partial charge in [0.15, 0.2) is 5.90 Å². The molecule has 0 aromatic rings. The molecule has 10 radical (unpaired) electrons. The number of halogens is 6. The van der Waals surface area contributed by atoms with Crippen LogP contribution < -0.4 is 0 Å². The summed E-state index contributed by atoms with van der Waals surface area (Å²) in [6.07, 6.45) is 13.2. The van der Waals surface area contributed by atoms with Crippen molar-refractivity contribution < 1.29 is 48.1 Å². The normalized spacial score (nSPS) is 24.1. The van der Waals surface area contributed by atoms with Crippen LogP contribution in [0.2, 0.25) is 0 Å². The molecule has 154 valence electrons. The Kier molecular flexibility index (Phi) is 10.1. The van der Waals surface area contributed by atoms with Gasteiger partial charge in [-0.3, -0.25) is 0 Å². The van der Waals surface area contributed by atoms with Crippen LogP contribution in [0.5, 0.6) is 0 Å². The molecule has 0 aromatic carbocycles. The molecule has 3 rings (SSSR count). The molecular formula is C18H18F6FeNOP+2. The monoisotopic (exact) mass is 465 g/mol. The van der Waals surface area contributed by atoms with E-state index < -0.39 is 25.4 Å². The van der Waals surface area contributed by atoms with Crippen LogP contribution in [0.1, 0.15) is 13.8 Å². The molecule has 28 heavy (non-hydrogen) atoms. The Bertz CT molecular complexity index is 486. The number of ether oxygens (including phenoxy) is 1. The summed E-state index contributed by atoms with van der Waals surface area (Å²) < 4.78 is 82.5. The molecule has 0 bridgehead atoms. The zero-order valence-electron chi connectivity index (χ0n) is 14.9. The summed E-state index contributed by atoms with van der Waals surface area (Å²) >= 11 is 0. The average Bonchev–Trinajstić information content (AvgIpc) is 3.28. The van der Waals surface area contributed by atoms with E-state index in [1.807, 2.05) is 46.0 Å². The zero-order valence-corrected chi connectivity index (χ0v) is 16.9. The largest absolute Gasteiger partial charge is 2.00 e. The third kappa shape index (κ3) is 7.05. The van der Waals surface area contributed by atoms with Crippen LogP contribution in [0.25, 0.3) is 0 Å². The van der Waals surface area contributed by atoms with Crippen molar-refractivity contribution in [3.05, 3.63) is 62.9 Å². The molecule has 1 atom stereocenters. The third-order valence-corrected chi connectivity index (χ3v) is 5.66. The Hall–Kier alpha value is -0.000519. The van der Waals surface area contributed by atoms with Gasteiger partial charge in [0, 0.05) is 5.66 Å². The van der Waals surface area contributed by atoms with Gasteiger partial charge in [-0.2, -0.15) is 26.3 Å². The van der Waals surface area contributed by atoms with Crippen LogP contribution >= 0.6 is 7.92 Å². The fourth-order valence-electron chi connectivity index (χ4n) is 2.40. The van der Waals surface area contributed by atoms with Crippen molar-refractivity contribution in [3.8, 4) is 0 Å². The van der Waals surface area contributed by atoms with E-state index in [9.17, 15) is 26.3 Å². The first-order chi connectivity index (χ1) is 12.5. The topological polar surface area (TPSA) is 21.6 Å². The molecule has 2 aliphatic carbocycles. The van der Waals surface area contributed by atoms with E-state index in [2.05, 4.69) is 4.99 Å². The second kappa shape index (κ2) is 10.9. The quantitative estimate of drug-likeness (QED) is 0.297. The molecule has 0 unspecified atom stereocenters. The van der Waals surface area contributed by atoms with E-state index in [1.54, 1.807) is 0 Å². The number of alkyl halides is 6. The number of aliphatic imine (C=N–C) groups is 1. The van der Waals surface area contributed by atoms with E-state index in [4.69, 9.17) is 4.74 Å². The van der Waals surface area contributed by atoms with E-state index in [1.165, 1.54) is 6.42 Å². The van der Waals surface area contributed by atoms with Gasteiger partial charge in [-0.05, 0) is 57.3 Å². The van der Waals surface area contributed by atoms with Gasteiger partial charge in [0.2, 0.25) is 0 Å². The number of hydrogen-bond acceptors (Lipinski definition) is 2. The minimum Gasteiger partial charge on any atom is -0.478 e. The third-order valence-electron chi connectivity index (χ3n) is 3.77. The van der Waals surface area contributed by atoms with Gasteiger partial charge in [0.1, 0.15) is 14.5 Å². The predicted octanol–water partition coefficient (Wildman–Crippen LogP) is 5.71. The van der Waals surface area contributed by atoms with E-state index >= 15 is 0 Å². The van der Waals surface area contributed by atoms with Crippen molar-refractivity contribution in [3.63, 3.8) is 0 Å². The van der Waals surface area contributed by atoms with E-state index in [-0.39, 0.29) is 47.5 Å².